The van der Waals surface area contributed by atoms with Crippen LogP contribution in [0.25, 0.3) is 5.82 Å². The van der Waals surface area contributed by atoms with Gasteiger partial charge in [-0.1, -0.05) is 6.07 Å². The summed E-state index contributed by atoms with van der Waals surface area (Å²) < 4.78 is 7.57. The molecule has 0 amide bonds. The van der Waals surface area contributed by atoms with Crippen LogP contribution in [-0.4, -0.2) is 59.5 Å². The molecule has 1 saturated carbocycles. The van der Waals surface area contributed by atoms with Crippen LogP contribution >= 0.6 is 24.0 Å². The first kappa shape index (κ1) is 22.6. The third kappa shape index (κ3) is 6.44. The smallest absolute Gasteiger partial charge is 0.193 e. The minimum atomic E-state index is 0. The van der Waals surface area contributed by atoms with Gasteiger partial charge in [-0.05, 0) is 50.3 Å². The quantitative estimate of drug-likeness (QED) is 0.263. The largest absolute Gasteiger partial charge is 0.379 e. The molecule has 1 aliphatic carbocycles. The highest BCUT2D eigenvalue weighted by atomic mass is 127. The maximum absolute atomic E-state index is 5.71. The number of aliphatic imine (C=N–C) groups is 1. The van der Waals surface area contributed by atoms with Gasteiger partial charge in [-0.3, -0.25) is 4.99 Å². The molecule has 1 fully saturated rings. The van der Waals surface area contributed by atoms with Gasteiger partial charge in [0, 0.05) is 45.7 Å². The lowest BCUT2D eigenvalue weighted by molar-refractivity contribution is 0.115. The van der Waals surface area contributed by atoms with Crippen molar-refractivity contribution in [1.29, 1.82) is 0 Å². The molecule has 2 heterocycles. The van der Waals surface area contributed by atoms with E-state index in [0.29, 0.717) is 6.54 Å². The maximum atomic E-state index is 5.71. The van der Waals surface area contributed by atoms with Crippen molar-refractivity contribution < 1.29 is 4.74 Å². The Morgan fingerprint density at radius 1 is 1.36 bits per heavy atom. The number of pyridine rings is 1. The van der Waals surface area contributed by atoms with E-state index in [0.717, 1.165) is 54.4 Å². The zero-order valence-electron chi connectivity index (χ0n) is 17.2. The van der Waals surface area contributed by atoms with Crippen molar-refractivity contribution in [3.05, 3.63) is 41.3 Å². The van der Waals surface area contributed by atoms with E-state index in [4.69, 9.17) is 4.74 Å². The summed E-state index contributed by atoms with van der Waals surface area (Å²) in [6, 6.07) is 6.11. The number of guanidine groups is 1. The van der Waals surface area contributed by atoms with Crippen molar-refractivity contribution in [3.8, 4) is 5.82 Å². The van der Waals surface area contributed by atoms with Crippen molar-refractivity contribution in [1.82, 2.24) is 25.0 Å². The summed E-state index contributed by atoms with van der Waals surface area (Å²) in [4.78, 5) is 11.0. The van der Waals surface area contributed by atoms with Crippen molar-refractivity contribution in [2.75, 3.05) is 33.9 Å². The molecule has 0 spiro atoms. The number of aromatic nitrogens is 3. The second-order valence-electron chi connectivity index (χ2n) is 7.20. The van der Waals surface area contributed by atoms with E-state index in [-0.39, 0.29) is 24.0 Å². The summed E-state index contributed by atoms with van der Waals surface area (Å²) >= 11 is 0. The molecule has 0 aliphatic heterocycles. The summed E-state index contributed by atoms with van der Waals surface area (Å²) in [7, 11) is 3.83. The minimum absolute atomic E-state index is 0. The van der Waals surface area contributed by atoms with Gasteiger partial charge in [0.1, 0.15) is 0 Å². The summed E-state index contributed by atoms with van der Waals surface area (Å²) in [6.07, 6.45) is 4.53. The normalized spacial score (nSPS) is 13.9. The Balaban J connectivity index is 0.00000280. The van der Waals surface area contributed by atoms with Gasteiger partial charge in [0.05, 0.1) is 12.3 Å². The lowest BCUT2D eigenvalue weighted by Crippen LogP contribution is -2.40. The zero-order chi connectivity index (χ0) is 19.2. The molecule has 154 valence electrons. The second-order valence-corrected chi connectivity index (χ2v) is 7.20. The average molecular weight is 498 g/mol. The van der Waals surface area contributed by atoms with Gasteiger partial charge < -0.3 is 15.0 Å². The minimum Gasteiger partial charge on any atom is -0.379 e. The zero-order valence-corrected chi connectivity index (χ0v) is 19.5. The van der Waals surface area contributed by atoms with E-state index in [1.807, 2.05) is 43.9 Å². The molecule has 8 heteroatoms. The van der Waals surface area contributed by atoms with E-state index in [1.165, 1.54) is 12.8 Å². The lowest BCUT2D eigenvalue weighted by Gasteiger charge is -2.22. The highest BCUT2D eigenvalue weighted by Crippen LogP contribution is 2.28. The summed E-state index contributed by atoms with van der Waals surface area (Å²) in [5, 5.41) is 7.85. The van der Waals surface area contributed by atoms with E-state index >= 15 is 0 Å². The molecule has 0 atom stereocenters. The van der Waals surface area contributed by atoms with E-state index in [9.17, 15) is 0 Å². The predicted octanol–water partition coefficient (Wildman–Crippen LogP) is 2.94. The summed E-state index contributed by atoms with van der Waals surface area (Å²) in [5.41, 5.74) is 3.17. The molecule has 1 N–H and O–H groups in total. The Morgan fingerprint density at radius 3 is 2.71 bits per heavy atom. The van der Waals surface area contributed by atoms with Crippen molar-refractivity contribution in [3.63, 3.8) is 0 Å². The molecule has 0 aromatic carbocycles. The van der Waals surface area contributed by atoms with Crippen LogP contribution in [0, 0.1) is 19.8 Å². The van der Waals surface area contributed by atoms with Gasteiger partial charge >= 0.3 is 0 Å². The van der Waals surface area contributed by atoms with Crippen molar-refractivity contribution in [2.24, 2.45) is 10.9 Å². The topological polar surface area (TPSA) is 67.6 Å². The number of nitrogens with one attached hydrogen (secondary N) is 1. The van der Waals surface area contributed by atoms with E-state index < -0.39 is 0 Å². The van der Waals surface area contributed by atoms with Gasteiger partial charge in [0.2, 0.25) is 0 Å². The average Bonchev–Trinajstić information content (AvgIpc) is 3.42. The number of likely N-dealkylation sites (N-methyl/N-ethyl adjacent to an activating group) is 1. The van der Waals surface area contributed by atoms with Crippen LogP contribution in [0.5, 0.6) is 0 Å². The fourth-order valence-electron chi connectivity index (χ4n) is 2.92. The third-order valence-electron chi connectivity index (χ3n) is 4.68. The summed E-state index contributed by atoms with van der Waals surface area (Å²) in [5.74, 6) is 2.49. The number of hydrogen-bond acceptors (Lipinski definition) is 4. The molecule has 0 unspecified atom stereocenters. The number of nitrogens with zero attached hydrogens (tertiary/aromatic N) is 5. The SMILES string of the molecule is CN=C(NCc1ccc(-n2nc(C)cc2C)nc1)N(C)CCOCC1CC1.I. The number of ether oxygens (including phenoxy) is 1. The van der Waals surface area contributed by atoms with Crippen LogP contribution in [0.2, 0.25) is 0 Å². The van der Waals surface area contributed by atoms with E-state index in [2.05, 4.69) is 31.4 Å². The van der Waals surface area contributed by atoms with Crippen molar-refractivity contribution >= 4 is 29.9 Å². The molecule has 2 aromatic heterocycles. The first-order valence-electron chi connectivity index (χ1n) is 9.55. The van der Waals surface area contributed by atoms with E-state index in [1.54, 1.807) is 7.05 Å². The molecule has 0 bridgehead atoms. The number of aryl methyl sites for hydroxylation is 2. The molecule has 3 rings (SSSR count). The molecular weight excluding hydrogens is 467 g/mol. The van der Waals surface area contributed by atoms with Crippen LogP contribution in [0.4, 0.5) is 0 Å². The van der Waals surface area contributed by atoms with Crippen LogP contribution in [0.3, 0.4) is 0 Å². The highest BCUT2D eigenvalue weighted by Gasteiger charge is 2.21. The van der Waals surface area contributed by atoms with Crippen LogP contribution < -0.4 is 5.32 Å². The number of rotatable bonds is 8. The lowest BCUT2D eigenvalue weighted by atomic mass is 10.3. The van der Waals surface area contributed by atoms with Gasteiger partial charge in [-0.2, -0.15) is 5.10 Å². The monoisotopic (exact) mass is 498 g/mol. The van der Waals surface area contributed by atoms with Gasteiger partial charge in [-0.25, -0.2) is 9.67 Å². The molecule has 0 saturated heterocycles. The Morgan fingerprint density at radius 2 is 2.14 bits per heavy atom. The molecule has 2 aromatic rings. The Labute approximate surface area is 184 Å². The Hall–Kier alpha value is -1.68. The Bertz CT molecular complexity index is 770. The first-order valence-corrected chi connectivity index (χ1v) is 9.55. The Kier molecular flexibility index (Phi) is 8.68. The van der Waals surface area contributed by atoms with Crippen LogP contribution in [0.1, 0.15) is 29.8 Å². The van der Waals surface area contributed by atoms with Crippen LogP contribution in [-0.2, 0) is 11.3 Å². The fraction of sp³-hybridized carbons (Fsp3) is 0.550. The second kappa shape index (κ2) is 10.8. The molecule has 1 aliphatic rings. The number of halogens is 1. The van der Waals surface area contributed by atoms with Crippen LogP contribution in [0.15, 0.2) is 29.4 Å². The molecule has 7 nitrogen and oxygen atoms in total. The number of hydrogen-bond donors (Lipinski definition) is 1. The summed E-state index contributed by atoms with van der Waals surface area (Å²) in [6.45, 7) is 7.14. The third-order valence-corrected chi connectivity index (χ3v) is 4.68. The van der Waals surface area contributed by atoms with Gasteiger partial charge in [-0.15, -0.1) is 24.0 Å². The predicted molar refractivity (Wildman–Crippen MR) is 123 cm³/mol. The standard InChI is InChI=1S/C20H30N6O.HI/c1-15-11-16(2)26(24-15)19-8-7-18(12-22-19)13-23-20(21-3)25(4)9-10-27-14-17-5-6-17;/h7-8,11-12,17H,5-6,9-10,13-14H2,1-4H3,(H,21,23);1H. The molecule has 28 heavy (non-hydrogen) atoms. The first-order chi connectivity index (χ1) is 13.1. The maximum Gasteiger partial charge on any atom is 0.193 e. The van der Waals surface area contributed by atoms with Gasteiger partial charge in [0.25, 0.3) is 0 Å². The fourth-order valence-corrected chi connectivity index (χ4v) is 2.92. The van der Waals surface area contributed by atoms with Crippen molar-refractivity contribution in [2.45, 2.75) is 33.2 Å². The highest BCUT2D eigenvalue weighted by molar-refractivity contribution is 14.0. The molecule has 0 radical (unpaired) electrons. The van der Waals surface area contributed by atoms with Gasteiger partial charge in [0.15, 0.2) is 11.8 Å². The molecular formula is C20H31IN6O.